The molecule has 19 heavy (non-hydrogen) atoms. The average Bonchev–Trinajstić information content (AvgIpc) is 2.36. The van der Waals surface area contributed by atoms with Crippen molar-refractivity contribution in [2.45, 2.75) is 25.6 Å². The minimum absolute atomic E-state index is 0.265. The van der Waals surface area contributed by atoms with Crippen LogP contribution in [0.2, 0.25) is 0 Å². The molecule has 2 unspecified atom stereocenters. The van der Waals surface area contributed by atoms with Crippen molar-refractivity contribution in [2.24, 2.45) is 0 Å². The summed E-state index contributed by atoms with van der Waals surface area (Å²) < 4.78 is 4.60. The molecule has 0 saturated carbocycles. The number of esters is 1. The van der Waals surface area contributed by atoms with Crippen LogP contribution in [0.5, 0.6) is 0 Å². The van der Waals surface area contributed by atoms with Gasteiger partial charge in [0.25, 0.3) is 0 Å². The van der Waals surface area contributed by atoms with Gasteiger partial charge in [-0.25, -0.2) is 4.79 Å². The van der Waals surface area contributed by atoms with E-state index in [0.29, 0.717) is 11.1 Å². The van der Waals surface area contributed by atoms with E-state index >= 15 is 0 Å². The molecule has 0 fully saturated rings. The van der Waals surface area contributed by atoms with E-state index in [1.807, 2.05) is 0 Å². The van der Waals surface area contributed by atoms with Gasteiger partial charge in [0.2, 0.25) is 0 Å². The first-order valence-electron chi connectivity index (χ1n) is 5.64. The number of ether oxygens (including phenoxy) is 1. The van der Waals surface area contributed by atoms with Crippen molar-refractivity contribution < 1.29 is 29.6 Å². The van der Waals surface area contributed by atoms with Crippen LogP contribution in [0.1, 0.15) is 34.0 Å². The zero-order chi connectivity index (χ0) is 14.6. The summed E-state index contributed by atoms with van der Waals surface area (Å²) in [6.07, 6.45) is -3.40. The molecule has 0 radical (unpaired) electrons. The van der Waals surface area contributed by atoms with Crippen LogP contribution in [0, 0.1) is 6.92 Å². The number of hydrogen-bond donors (Lipinski definition) is 3. The molecule has 6 heteroatoms. The normalized spacial score (nSPS) is 13.7. The van der Waals surface area contributed by atoms with E-state index < -0.39 is 30.6 Å². The molecule has 0 spiro atoms. The molecule has 3 N–H and O–H groups in total. The average molecular weight is 268 g/mol. The SMILES string of the molecule is COC(=O)c1cccc(C(O)C(O)CC(=O)O)c1C. The lowest BCUT2D eigenvalue weighted by molar-refractivity contribution is -0.141. The standard InChI is InChI=1S/C13H16O6/c1-7-8(12(17)10(14)6-11(15)16)4-3-5-9(7)13(18)19-2/h3-5,10,12,14,17H,6H2,1-2H3,(H,15,16). The van der Waals surface area contributed by atoms with E-state index in [1.54, 1.807) is 6.92 Å². The summed E-state index contributed by atoms with van der Waals surface area (Å²) in [6, 6.07) is 4.59. The first-order valence-corrected chi connectivity index (χ1v) is 5.64. The van der Waals surface area contributed by atoms with E-state index in [1.165, 1.54) is 25.3 Å². The Morgan fingerprint density at radius 2 is 1.95 bits per heavy atom. The monoisotopic (exact) mass is 268 g/mol. The number of methoxy groups -OCH3 is 1. The molecule has 2 atom stereocenters. The van der Waals surface area contributed by atoms with Gasteiger partial charge < -0.3 is 20.1 Å². The molecule has 0 aromatic heterocycles. The number of carboxylic acids is 1. The largest absolute Gasteiger partial charge is 0.481 e. The third-order valence-corrected chi connectivity index (χ3v) is 2.85. The summed E-state index contributed by atoms with van der Waals surface area (Å²) in [4.78, 5) is 22.0. The number of aliphatic hydroxyl groups excluding tert-OH is 2. The maximum Gasteiger partial charge on any atom is 0.338 e. The Hall–Kier alpha value is -1.92. The maximum atomic E-state index is 11.5. The predicted octanol–water partition coefficient (Wildman–Crippen LogP) is 0.651. The van der Waals surface area contributed by atoms with Gasteiger partial charge in [0.05, 0.1) is 25.2 Å². The van der Waals surface area contributed by atoms with Gasteiger partial charge in [-0.05, 0) is 24.1 Å². The fourth-order valence-corrected chi connectivity index (χ4v) is 1.80. The smallest absolute Gasteiger partial charge is 0.338 e. The molecule has 0 saturated heterocycles. The second kappa shape index (κ2) is 6.31. The van der Waals surface area contributed by atoms with Crippen LogP contribution in [-0.4, -0.2) is 40.5 Å². The molecular weight excluding hydrogens is 252 g/mol. The summed E-state index contributed by atoms with van der Waals surface area (Å²) in [5.41, 5.74) is 1.02. The van der Waals surface area contributed by atoms with Crippen molar-refractivity contribution in [3.63, 3.8) is 0 Å². The van der Waals surface area contributed by atoms with Gasteiger partial charge in [-0.15, -0.1) is 0 Å². The highest BCUT2D eigenvalue weighted by Gasteiger charge is 2.24. The van der Waals surface area contributed by atoms with Crippen LogP contribution in [0.25, 0.3) is 0 Å². The summed E-state index contributed by atoms with van der Waals surface area (Å²) in [5.74, 6) is -1.77. The fourth-order valence-electron chi connectivity index (χ4n) is 1.80. The van der Waals surface area contributed by atoms with E-state index in [9.17, 15) is 19.8 Å². The van der Waals surface area contributed by atoms with E-state index in [4.69, 9.17) is 5.11 Å². The Labute approximate surface area is 110 Å². The molecule has 104 valence electrons. The molecule has 0 bridgehead atoms. The highest BCUT2D eigenvalue weighted by Crippen LogP contribution is 2.25. The zero-order valence-corrected chi connectivity index (χ0v) is 10.7. The molecule has 0 amide bonds. The van der Waals surface area contributed by atoms with Crippen molar-refractivity contribution in [3.05, 3.63) is 34.9 Å². The van der Waals surface area contributed by atoms with Crippen LogP contribution in [-0.2, 0) is 9.53 Å². The molecule has 1 aromatic rings. The molecule has 0 aliphatic carbocycles. The number of hydrogen-bond acceptors (Lipinski definition) is 5. The maximum absolute atomic E-state index is 11.5. The van der Waals surface area contributed by atoms with Gasteiger partial charge in [-0.1, -0.05) is 12.1 Å². The first kappa shape index (κ1) is 15.1. The number of carbonyl (C=O) groups excluding carboxylic acids is 1. The quantitative estimate of drug-likeness (QED) is 0.677. The molecule has 0 heterocycles. The lowest BCUT2D eigenvalue weighted by atomic mass is 9.94. The van der Waals surface area contributed by atoms with E-state index in [0.717, 1.165) is 0 Å². The minimum Gasteiger partial charge on any atom is -0.481 e. The fraction of sp³-hybridized carbons (Fsp3) is 0.385. The second-order valence-corrected chi connectivity index (χ2v) is 4.12. The van der Waals surface area contributed by atoms with Crippen LogP contribution < -0.4 is 0 Å². The second-order valence-electron chi connectivity index (χ2n) is 4.12. The Morgan fingerprint density at radius 3 is 2.47 bits per heavy atom. The number of aliphatic hydroxyl groups is 2. The Kier molecular flexibility index (Phi) is 5.02. The van der Waals surface area contributed by atoms with Crippen LogP contribution in [0.15, 0.2) is 18.2 Å². The highest BCUT2D eigenvalue weighted by molar-refractivity contribution is 5.91. The number of benzene rings is 1. The third kappa shape index (κ3) is 3.52. The zero-order valence-electron chi connectivity index (χ0n) is 10.7. The van der Waals surface area contributed by atoms with Gasteiger partial charge in [0.15, 0.2) is 0 Å². The topological polar surface area (TPSA) is 104 Å². The van der Waals surface area contributed by atoms with Gasteiger partial charge in [0, 0.05) is 0 Å². The van der Waals surface area contributed by atoms with Crippen molar-refractivity contribution in [3.8, 4) is 0 Å². The Bertz CT molecular complexity index is 482. The van der Waals surface area contributed by atoms with Crippen molar-refractivity contribution in [2.75, 3.05) is 7.11 Å². The number of aliphatic carboxylic acids is 1. The molecule has 6 nitrogen and oxygen atoms in total. The summed E-state index contributed by atoms with van der Waals surface area (Å²) in [6.45, 7) is 1.60. The minimum atomic E-state index is -1.44. The molecule has 1 aromatic carbocycles. The van der Waals surface area contributed by atoms with E-state index in [-0.39, 0.29) is 5.56 Å². The van der Waals surface area contributed by atoms with Gasteiger partial charge in [-0.3, -0.25) is 4.79 Å². The number of rotatable bonds is 5. The molecule has 0 aliphatic rings. The Balaban J connectivity index is 3.07. The predicted molar refractivity (Wildman–Crippen MR) is 65.7 cm³/mol. The summed E-state index contributed by atoms with van der Waals surface area (Å²) >= 11 is 0. The van der Waals surface area contributed by atoms with Crippen LogP contribution in [0.3, 0.4) is 0 Å². The Morgan fingerprint density at radius 1 is 1.32 bits per heavy atom. The number of carboxylic acid groups (broad SMARTS) is 1. The van der Waals surface area contributed by atoms with Crippen molar-refractivity contribution in [1.82, 2.24) is 0 Å². The lowest BCUT2D eigenvalue weighted by Crippen LogP contribution is -2.23. The van der Waals surface area contributed by atoms with Gasteiger partial charge in [0.1, 0.15) is 6.10 Å². The van der Waals surface area contributed by atoms with Crippen molar-refractivity contribution in [1.29, 1.82) is 0 Å². The summed E-state index contributed by atoms with van der Waals surface area (Å²) in [5, 5.41) is 28.1. The van der Waals surface area contributed by atoms with Gasteiger partial charge >= 0.3 is 11.9 Å². The van der Waals surface area contributed by atoms with Crippen LogP contribution in [0.4, 0.5) is 0 Å². The lowest BCUT2D eigenvalue weighted by Gasteiger charge is -2.19. The first-order chi connectivity index (χ1) is 8.88. The third-order valence-electron chi connectivity index (χ3n) is 2.85. The van der Waals surface area contributed by atoms with Crippen LogP contribution >= 0.6 is 0 Å². The number of carbonyl (C=O) groups is 2. The van der Waals surface area contributed by atoms with E-state index in [2.05, 4.69) is 4.74 Å². The van der Waals surface area contributed by atoms with Crippen molar-refractivity contribution >= 4 is 11.9 Å². The molecule has 1 rings (SSSR count). The molecule has 0 aliphatic heterocycles. The molecular formula is C13H16O6. The summed E-state index contributed by atoms with van der Waals surface area (Å²) in [7, 11) is 1.24. The highest BCUT2D eigenvalue weighted by atomic mass is 16.5. The van der Waals surface area contributed by atoms with Gasteiger partial charge in [-0.2, -0.15) is 0 Å².